The summed E-state index contributed by atoms with van der Waals surface area (Å²) in [5.41, 5.74) is 7.59. The molecule has 1 heterocycles. The molecule has 5 heteroatoms. The van der Waals surface area contributed by atoms with E-state index in [1.54, 1.807) is 13.3 Å². The highest BCUT2D eigenvalue weighted by Gasteiger charge is 2.04. The molecule has 0 spiro atoms. The van der Waals surface area contributed by atoms with Crippen molar-refractivity contribution < 1.29 is 4.74 Å². The molecule has 0 amide bonds. The van der Waals surface area contributed by atoms with Crippen LogP contribution in [0.5, 0.6) is 5.75 Å². The first-order valence-electron chi connectivity index (χ1n) is 5.65. The van der Waals surface area contributed by atoms with E-state index in [4.69, 9.17) is 10.5 Å². The van der Waals surface area contributed by atoms with Gasteiger partial charge in [-0.15, -0.1) is 0 Å². The molecule has 0 radical (unpaired) electrons. The lowest BCUT2D eigenvalue weighted by atomic mass is 10.2. The predicted octanol–water partition coefficient (Wildman–Crippen LogP) is 1.99. The van der Waals surface area contributed by atoms with Crippen LogP contribution in [0.25, 0.3) is 0 Å². The lowest BCUT2D eigenvalue weighted by molar-refractivity contribution is 0.410. The van der Waals surface area contributed by atoms with E-state index in [9.17, 15) is 0 Å². The number of nitrogens with one attached hydrogen (secondary N) is 1. The zero-order valence-corrected chi connectivity index (χ0v) is 10.5. The maximum absolute atomic E-state index is 5.57. The highest BCUT2D eigenvalue weighted by Crippen LogP contribution is 2.19. The average Bonchev–Trinajstić information content (AvgIpc) is 2.40. The molecular formula is C13H16N4O. The molecule has 0 bridgehead atoms. The minimum Gasteiger partial charge on any atom is -0.496 e. The Morgan fingerprint density at radius 1 is 1.33 bits per heavy atom. The van der Waals surface area contributed by atoms with E-state index in [-0.39, 0.29) is 5.95 Å². The second-order valence-corrected chi connectivity index (χ2v) is 3.93. The minimum absolute atomic E-state index is 0.267. The Kier molecular flexibility index (Phi) is 3.62. The molecule has 3 N–H and O–H groups in total. The first-order chi connectivity index (χ1) is 8.70. The third kappa shape index (κ3) is 2.68. The number of hydrogen-bond acceptors (Lipinski definition) is 5. The molecule has 0 saturated carbocycles. The number of benzene rings is 1. The fraction of sp³-hybridized carbons (Fsp3) is 0.231. The third-order valence-electron chi connectivity index (χ3n) is 2.63. The quantitative estimate of drug-likeness (QED) is 0.860. The number of para-hydroxylation sites is 1. The number of hydrogen-bond donors (Lipinski definition) is 2. The van der Waals surface area contributed by atoms with Crippen LogP contribution in [0.15, 0.2) is 30.5 Å². The van der Waals surface area contributed by atoms with Crippen molar-refractivity contribution in [1.82, 2.24) is 9.97 Å². The zero-order chi connectivity index (χ0) is 13.0. The van der Waals surface area contributed by atoms with Crippen LogP contribution in [-0.2, 0) is 6.54 Å². The largest absolute Gasteiger partial charge is 0.496 e. The molecule has 0 aliphatic heterocycles. The summed E-state index contributed by atoms with van der Waals surface area (Å²) in [6, 6.07) is 7.85. The monoisotopic (exact) mass is 244 g/mol. The van der Waals surface area contributed by atoms with Crippen molar-refractivity contribution in [3.63, 3.8) is 0 Å². The van der Waals surface area contributed by atoms with Gasteiger partial charge in [-0.1, -0.05) is 18.2 Å². The van der Waals surface area contributed by atoms with Crippen LogP contribution in [0.1, 0.15) is 11.1 Å². The van der Waals surface area contributed by atoms with Gasteiger partial charge in [0.2, 0.25) is 5.95 Å². The molecular weight excluding hydrogens is 228 g/mol. The van der Waals surface area contributed by atoms with E-state index in [1.165, 1.54) is 0 Å². The number of methoxy groups -OCH3 is 1. The number of rotatable bonds is 4. The number of nitrogens with two attached hydrogens (primary N) is 1. The number of anilines is 2. The highest BCUT2D eigenvalue weighted by molar-refractivity contribution is 5.46. The van der Waals surface area contributed by atoms with Gasteiger partial charge in [-0.3, -0.25) is 0 Å². The smallest absolute Gasteiger partial charge is 0.221 e. The molecule has 0 aliphatic rings. The van der Waals surface area contributed by atoms with Crippen LogP contribution in [0, 0.1) is 6.92 Å². The summed E-state index contributed by atoms with van der Waals surface area (Å²) in [6.07, 6.45) is 1.70. The fourth-order valence-corrected chi connectivity index (χ4v) is 1.66. The molecule has 0 aliphatic carbocycles. The molecule has 18 heavy (non-hydrogen) atoms. The van der Waals surface area contributed by atoms with E-state index >= 15 is 0 Å². The molecule has 2 aromatic rings. The molecule has 5 nitrogen and oxygen atoms in total. The van der Waals surface area contributed by atoms with Gasteiger partial charge >= 0.3 is 0 Å². The topological polar surface area (TPSA) is 73.1 Å². The van der Waals surface area contributed by atoms with Gasteiger partial charge in [0.25, 0.3) is 0 Å². The van der Waals surface area contributed by atoms with Crippen LogP contribution in [0.3, 0.4) is 0 Å². The standard InChI is InChI=1S/C13H16N4O/c1-9-7-16-13(14)17-12(9)15-8-10-5-3-4-6-11(10)18-2/h3-7H,8H2,1-2H3,(H3,14,15,16,17). The van der Waals surface area contributed by atoms with Crippen LogP contribution in [-0.4, -0.2) is 17.1 Å². The van der Waals surface area contributed by atoms with E-state index in [0.717, 1.165) is 22.7 Å². The number of aromatic nitrogens is 2. The van der Waals surface area contributed by atoms with Crippen molar-refractivity contribution in [3.8, 4) is 5.75 Å². The summed E-state index contributed by atoms with van der Waals surface area (Å²) in [5.74, 6) is 1.86. The van der Waals surface area contributed by atoms with Crippen molar-refractivity contribution in [1.29, 1.82) is 0 Å². The van der Waals surface area contributed by atoms with Crippen molar-refractivity contribution in [2.75, 3.05) is 18.2 Å². The van der Waals surface area contributed by atoms with E-state index in [2.05, 4.69) is 15.3 Å². The van der Waals surface area contributed by atoms with Crippen LogP contribution < -0.4 is 15.8 Å². The average molecular weight is 244 g/mol. The van der Waals surface area contributed by atoms with E-state index < -0.39 is 0 Å². The SMILES string of the molecule is COc1ccccc1CNc1nc(N)ncc1C. The Morgan fingerprint density at radius 2 is 2.11 bits per heavy atom. The number of nitrogen functional groups attached to an aromatic ring is 1. The van der Waals surface area contributed by atoms with Gasteiger partial charge in [0.1, 0.15) is 11.6 Å². The Morgan fingerprint density at radius 3 is 2.89 bits per heavy atom. The summed E-state index contributed by atoms with van der Waals surface area (Å²) in [5, 5.41) is 3.23. The maximum atomic E-state index is 5.57. The van der Waals surface area contributed by atoms with Crippen molar-refractivity contribution in [2.24, 2.45) is 0 Å². The van der Waals surface area contributed by atoms with E-state index in [0.29, 0.717) is 6.54 Å². The van der Waals surface area contributed by atoms with Gasteiger partial charge in [0, 0.05) is 23.9 Å². The Labute approximate surface area is 106 Å². The lowest BCUT2D eigenvalue weighted by Gasteiger charge is -2.11. The highest BCUT2D eigenvalue weighted by atomic mass is 16.5. The number of ether oxygens (including phenoxy) is 1. The van der Waals surface area contributed by atoms with Gasteiger partial charge in [-0.25, -0.2) is 4.98 Å². The van der Waals surface area contributed by atoms with Gasteiger partial charge < -0.3 is 15.8 Å². The predicted molar refractivity (Wildman–Crippen MR) is 71.5 cm³/mol. The van der Waals surface area contributed by atoms with Crippen molar-refractivity contribution in [3.05, 3.63) is 41.6 Å². The van der Waals surface area contributed by atoms with Gasteiger partial charge in [0.15, 0.2) is 0 Å². The first-order valence-corrected chi connectivity index (χ1v) is 5.65. The molecule has 0 unspecified atom stereocenters. The summed E-state index contributed by atoms with van der Waals surface area (Å²) in [4.78, 5) is 8.09. The summed E-state index contributed by atoms with van der Waals surface area (Å²) < 4.78 is 5.29. The van der Waals surface area contributed by atoms with Crippen LogP contribution >= 0.6 is 0 Å². The minimum atomic E-state index is 0.267. The molecule has 0 fully saturated rings. The zero-order valence-electron chi connectivity index (χ0n) is 10.5. The summed E-state index contributed by atoms with van der Waals surface area (Å²) >= 11 is 0. The fourth-order valence-electron chi connectivity index (χ4n) is 1.66. The third-order valence-corrected chi connectivity index (χ3v) is 2.63. The number of nitrogens with zero attached hydrogens (tertiary/aromatic N) is 2. The van der Waals surface area contributed by atoms with Crippen LogP contribution in [0.4, 0.5) is 11.8 Å². The molecule has 1 aromatic heterocycles. The molecule has 0 atom stereocenters. The van der Waals surface area contributed by atoms with Crippen LogP contribution in [0.2, 0.25) is 0 Å². The normalized spacial score (nSPS) is 10.1. The van der Waals surface area contributed by atoms with Gasteiger partial charge in [-0.2, -0.15) is 4.98 Å². The molecule has 94 valence electrons. The Hall–Kier alpha value is -2.30. The summed E-state index contributed by atoms with van der Waals surface area (Å²) in [6.45, 7) is 2.56. The van der Waals surface area contributed by atoms with E-state index in [1.807, 2.05) is 31.2 Å². The van der Waals surface area contributed by atoms with Gasteiger partial charge in [-0.05, 0) is 13.0 Å². The molecule has 2 rings (SSSR count). The summed E-state index contributed by atoms with van der Waals surface area (Å²) in [7, 11) is 1.66. The number of aryl methyl sites for hydroxylation is 1. The lowest BCUT2D eigenvalue weighted by Crippen LogP contribution is -2.07. The first kappa shape index (κ1) is 12.2. The second-order valence-electron chi connectivity index (χ2n) is 3.93. The molecule has 1 aromatic carbocycles. The Balaban J connectivity index is 2.14. The van der Waals surface area contributed by atoms with Crippen molar-refractivity contribution in [2.45, 2.75) is 13.5 Å². The van der Waals surface area contributed by atoms with Crippen molar-refractivity contribution >= 4 is 11.8 Å². The second kappa shape index (κ2) is 5.35. The molecule has 0 saturated heterocycles. The van der Waals surface area contributed by atoms with Gasteiger partial charge in [0.05, 0.1) is 7.11 Å². The Bertz CT molecular complexity index is 542. The maximum Gasteiger partial charge on any atom is 0.221 e.